The van der Waals surface area contributed by atoms with E-state index in [4.69, 9.17) is 10.5 Å². The Morgan fingerprint density at radius 1 is 1.36 bits per heavy atom. The Morgan fingerprint density at radius 2 is 2.00 bits per heavy atom. The molecular weight excluding hydrogens is 158 g/mol. The molecular formula is C8H19NOS. The first-order chi connectivity index (χ1) is 5.20. The van der Waals surface area contributed by atoms with E-state index in [1.807, 2.05) is 11.8 Å². The second kappa shape index (κ2) is 6.95. The van der Waals surface area contributed by atoms with Crippen LogP contribution in [0.5, 0.6) is 0 Å². The number of rotatable bonds is 6. The zero-order valence-electron chi connectivity index (χ0n) is 7.67. The van der Waals surface area contributed by atoms with E-state index >= 15 is 0 Å². The van der Waals surface area contributed by atoms with Crippen LogP contribution in [0.25, 0.3) is 0 Å². The van der Waals surface area contributed by atoms with Crippen molar-refractivity contribution in [3.05, 3.63) is 0 Å². The molecule has 11 heavy (non-hydrogen) atoms. The summed E-state index contributed by atoms with van der Waals surface area (Å²) in [6.07, 6.45) is 1.10. The molecule has 0 aromatic carbocycles. The average Bonchev–Trinajstić information content (AvgIpc) is 1.87. The van der Waals surface area contributed by atoms with E-state index in [0.717, 1.165) is 19.6 Å². The van der Waals surface area contributed by atoms with Gasteiger partial charge in [-0.05, 0) is 13.0 Å². The molecule has 0 fully saturated rings. The summed E-state index contributed by atoms with van der Waals surface area (Å²) in [4.78, 5) is 0. The van der Waals surface area contributed by atoms with Crippen molar-refractivity contribution < 1.29 is 4.74 Å². The van der Waals surface area contributed by atoms with Gasteiger partial charge in [0.1, 0.15) is 0 Å². The predicted octanol–water partition coefficient (Wildman–Crippen LogP) is 1.49. The van der Waals surface area contributed by atoms with E-state index < -0.39 is 0 Å². The van der Waals surface area contributed by atoms with Gasteiger partial charge in [0.05, 0.1) is 6.61 Å². The minimum absolute atomic E-state index is 0.585. The van der Waals surface area contributed by atoms with Gasteiger partial charge in [-0.25, -0.2) is 0 Å². The Kier molecular flexibility index (Phi) is 7.12. The fourth-order valence-corrected chi connectivity index (χ4v) is 2.25. The zero-order valence-corrected chi connectivity index (χ0v) is 8.49. The maximum Gasteiger partial charge on any atom is 0.0578 e. The van der Waals surface area contributed by atoms with E-state index in [0.29, 0.717) is 10.5 Å². The summed E-state index contributed by atoms with van der Waals surface area (Å²) < 4.78 is 5.03. The normalized spacial score (nSPS) is 16.4. The molecule has 0 aliphatic carbocycles. The Morgan fingerprint density at radius 3 is 2.45 bits per heavy atom. The molecule has 0 aromatic heterocycles. The van der Waals surface area contributed by atoms with Crippen molar-refractivity contribution in [2.45, 2.75) is 30.8 Å². The molecule has 2 unspecified atom stereocenters. The van der Waals surface area contributed by atoms with Crippen molar-refractivity contribution >= 4 is 11.8 Å². The smallest absolute Gasteiger partial charge is 0.0578 e. The maximum atomic E-state index is 5.43. The summed E-state index contributed by atoms with van der Waals surface area (Å²) in [7, 11) is 1.74. The van der Waals surface area contributed by atoms with Crippen LogP contribution in [0.4, 0.5) is 0 Å². The number of hydrogen-bond donors (Lipinski definition) is 1. The SMILES string of the molecule is COCC(C)SC(C)CCN. The lowest BCUT2D eigenvalue weighted by molar-refractivity contribution is 0.203. The van der Waals surface area contributed by atoms with Crippen LogP contribution in [0, 0.1) is 0 Å². The summed E-state index contributed by atoms with van der Waals surface area (Å²) >= 11 is 1.94. The standard InChI is InChI=1S/C8H19NOS/c1-7(4-5-9)11-8(2)6-10-3/h7-8H,4-6,9H2,1-3H3. The summed E-state index contributed by atoms with van der Waals surface area (Å²) in [5.41, 5.74) is 5.43. The number of hydrogen-bond acceptors (Lipinski definition) is 3. The highest BCUT2D eigenvalue weighted by Crippen LogP contribution is 2.19. The van der Waals surface area contributed by atoms with Gasteiger partial charge in [-0.1, -0.05) is 13.8 Å². The van der Waals surface area contributed by atoms with Crippen molar-refractivity contribution in [1.29, 1.82) is 0 Å². The van der Waals surface area contributed by atoms with Crippen LogP contribution in [-0.2, 0) is 4.74 Å². The van der Waals surface area contributed by atoms with Crippen LogP contribution in [-0.4, -0.2) is 30.8 Å². The molecule has 0 aliphatic rings. The molecule has 0 amide bonds. The third kappa shape index (κ3) is 6.66. The van der Waals surface area contributed by atoms with Gasteiger partial charge in [-0.3, -0.25) is 0 Å². The van der Waals surface area contributed by atoms with Gasteiger partial charge in [-0.15, -0.1) is 0 Å². The van der Waals surface area contributed by atoms with Crippen molar-refractivity contribution in [3.63, 3.8) is 0 Å². The van der Waals surface area contributed by atoms with E-state index in [-0.39, 0.29) is 0 Å². The molecule has 0 bridgehead atoms. The highest BCUT2D eigenvalue weighted by molar-refractivity contribution is 8.00. The second-order valence-corrected chi connectivity index (χ2v) is 4.67. The van der Waals surface area contributed by atoms with Gasteiger partial charge in [0.25, 0.3) is 0 Å². The molecule has 0 radical (unpaired) electrons. The van der Waals surface area contributed by atoms with Gasteiger partial charge in [0.2, 0.25) is 0 Å². The van der Waals surface area contributed by atoms with Crippen molar-refractivity contribution in [2.75, 3.05) is 20.3 Å². The Labute approximate surface area is 73.9 Å². The van der Waals surface area contributed by atoms with Gasteiger partial charge >= 0.3 is 0 Å². The minimum atomic E-state index is 0.585. The highest BCUT2D eigenvalue weighted by Gasteiger charge is 2.07. The van der Waals surface area contributed by atoms with E-state index in [1.165, 1.54) is 0 Å². The number of ether oxygens (including phenoxy) is 1. The van der Waals surface area contributed by atoms with Crippen LogP contribution in [0.3, 0.4) is 0 Å². The average molecular weight is 177 g/mol. The summed E-state index contributed by atoms with van der Waals surface area (Å²) in [5, 5.41) is 1.24. The third-order valence-electron chi connectivity index (χ3n) is 1.44. The third-order valence-corrected chi connectivity index (χ3v) is 2.74. The van der Waals surface area contributed by atoms with E-state index in [2.05, 4.69) is 13.8 Å². The fraction of sp³-hybridized carbons (Fsp3) is 1.00. The lowest BCUT2D eigenvalue weighted by Crippen LogP contribution is -2.13. The molecule has 2 atom stereocenters. The van der Waals surface area contributed by atoms with Gasteiger partial charge < -0.3 is 10.5 Å². The second-order valence-electron chi connectivity index (χ2n) is 2.79. The largest absolute Gasteiger partial charge is 0.384 e. The molecule has 2 nitrogen and oxygen atoms in total. The topological polar surface area (TPSA) is 35.2 Å². The first-order valence-electron chi connectivity index (χ1n) is 4.05. The molecule has 3 heteroatoms. The van der Waals surface area contributed by atoms with Crippen LogP contribution in [0.15, 0.2) is 0 Å². The molecule has 68 valence electrons. The molecule has 2 N–H and O–H groups in total. The Bertz CT molecular complexity index is 80.2. The zero-order chi connectivity index (χ0) is 8.69. The molecule has 0 saturated heterocycles. The van der Waals surface area contributed by atoms with Crippen molar-refractivity contribution in [3.8, 4) is 0 Å². The molecule has 0 saturated carbocycles. The van der Waals surface area contributed by atoms with Crippen molar-refractivity contribution in [1.82, 2.24) is 0 Å². The summed E-state index contributed by atoms with van der Waals surface area (Å²) in [6.45, 7) is 6.01. The fourth-order valence-electron chi connectivity index (χ4n) is 0.973. The molecule has 0 heterocycles. The van der Waals surface area contributed by atoms with Crippen LogP contribution in [0.2, 0.25) is 0 Å². The quantitative estimate of drug-likeness (QED) is 0.667. The molecule has 0 aliphatic heterocycles. The molecule has 0 spiro atoms. The van der Waals surface area contributed by atoms with Crippen LogP contribution >= 0.6 is 11.8 Å². The number of nitrogens with two attached hydrogens (primary N) is 1. The minimum Gasteiger partial charge on any atom is -0.384 e. The summed E-state index contributed by atoms with van der Waals surface area (Å²) in [6, 6.07) is 0. The lowest BCUT2D eigenvalue weighted by Gasteiger charge is -2.15. The first-order valence-corrected chi connectivity index (χ1v) is 4.99. The van der Waals surface area contributed by atoms with Crippen molar-refractivity contribution in [2.24, 2.45) is 5.73 Å². The number of thioether (sulfide) groups is 1. The molecule has 0 rings (SSSR count). The molecule has 0 aromatic rings. The first kappa shape index (κ1) is 11.3. The van der Waals surface area contributed by atoms with Crippen LogP contribution in [0.1, 0.15) is 20.3 Å². The van der Waals surface area contributed by atoms with Gasteiger partial charge in [0.15, 0.2) is 0 Å². The monoisotopic (exact) mass is 177 g/mol. The Hall–Kier alpha value is 0.270. The Balaban J connectivity index is 3.32. The highest BCUT2D eigenvalue weighted by atomic mass is 32.2. The van der Waals surface area contributed by atoms with Gasteiger partial charge in [0, 0.05) is 17.6 Å². The maximum absolute atomic E-state index is 5.43. The van der Waals surface area contributed by atoms with E-state index in [9.17, 15) is 0 Å². The number of methoxy groups -OCH3 is 1. The predicted molar refractivity (Wildman–Crippen MR) is 52.1 cm³/mol. The van der Waals surface area contributed by atoms with Crippen LogP contribution < -0.4 is 5.73 Å². The lowest BCUT2D eigenvalue weighted by atomic mass is 10.3. The van der Waals surface area contributed by atoms with Gasteiger partial charge in [-0.2, -0.15) is 11.8 Å². The summed E-state index contributed by atoms with van der Waals surface area (Å²) in [5.74, 6) is 0. The van der Waals surface area contributed by atoms with E-state index in [1.54, 1.807) is 7.11 Å².